The molecule has 0 radical (unpaired) electrons. The first kappa shape index (κ1) is 25.5. The lowest BCUT2D eigenvalue weighted by Crippen LogP contribution is -2.44. The Morgan fingerprint density at radius 1 is 1.18 bits per heavy atom. The topological polar surface area (TPSA) is 79.6 Å². The molecule has 0 N–H and O–H groups in total. The normalized spacial score (nSPS) is 16.7. The van der Waals surface area contributed by atoms with E-state index in [9.17, 15) is 22.5 Å². The highest BCUT2D eigenvalue weighted by atomic mass is 35.5. The molecule has 0 saturated heterocycles. The van der Waals surface area contributed by atoms with Crippen molar-refractivity contribution >= 4 is 27.3 Å². The lowest BCUT2D eigenvalue weighted by atomic mass is 10.0. The molecule has 1 aliphatic carbocycles. The Bertz CT molecular complexity index is 1270. The van der Waals surface area contributed by atoms with Gasteiger partial charge in [-0.25, -0.2) is 17.2 Å². The molecule has 180 valence electrons. The summed E-state index contributed by atoms with van der Waals surface area (Å²) >= 11 is 6.15. The summed E-state index contributed by atoms with van der Waals surface area (Å²) in [5, 5.41) is 8.85. The zero-order valence-corrected chi connectivity index (χ0v) is 20.3. The largest absolute Gasteiger partial charge is 0.493 e. The second-order valence-corrected chi connectivity index (χ2v) is 10.0. The van der Waals surface area contributed by atoms with Crippen molar-refractivity contribution in [3.63, 3.8) is 0 Å². The van der Waals surface area contributed by atoms with Gasteiger partial charge in [-0.05, 0) is 61.4 Å². The first-order chi connectivity index (χ1) is 16.1. The number of rotatable bonds is 8. The van der Waals surface area contributed by atoms with Crippen LogP contribution in [0.2, 0.25) is 5.02 Å². The SMILES string of the molecule is COC1=CCC(S(=O)(=O)N(c2ccc(Cl)cc2Cc2c(F)cccc2F)C(C)C#N)C=C1OC. The number of hydrogen-bond donors (Lipinski definition) is 0. The number of nitrogens with zero attached hydrogens (tertiary/aromatic N) is 2. The zero-order chi connectivity index (χ0) is 25.0. The molecule has 0 fully saturated rings. The van der Waals surface area contributed by atoms with Crippen molar-refractivity contribution in [2.24, 2.45) is 0 Å². The number of allylic oxidation sites excluding steroid dienone is 1. The van der Waals surface area contributed by atoms with E-state index < -0.39 is 32.9 Å². The molecule has 6 nitrogen and oxygen atoms in total. The summed E-state index contributed by atoms with van der Waals surface area (Å²) in [5.74, 6) is -0.899. The predicted molar refractivity (Wildman–Crippen MR) is 126 cm³/mol. The average molecular weight is 509 g/mol. The van der Waals surface area contributed by atoms with Crippen LogP contribution < -0.4 is 4.31 Å². The molecule has 0 aromatic heterocycles. The summed E-state index contributed by atoms with van der Waals surface area (Å²) in [5.41, 5.74) is 0.122. The molecule has 1 aliphatic rings. The third-order valence-electron chi connectivity index (χ3n) is 5.46. The van der Waals surface area contributed by atoms with Gasteiger partial charge < -0.3 is 9.47 Å². The van der Waals surface area contributed by atoms with Crippen LogP contribution in [0, 0.1) is 23.0 Å². The summed E-state index contributed by atoms with van der Waals surface area (Å²) in [6.07, 6.45) is 2.82. The Balaban J connectivity index is 2.14. The van der Waals surface area contributed by atoms with Gasteiger partial charge in [-0.1, -0.05) is 17.7 Å². The highest BCUT2D eigenvalue weighted by Gasteiger charge is 2.37. The smallest absolute Gasteiger partial charge is 0.243 e. The van der Waals surface area contributed by atoms with E-state index in [0.717, 1.165) is 16.4 Å². The van der Waals surface area contributed by atoms with Crippen LogP contribution in [0.15, 0.2) is 60.1 Å². The van der Waals surface area contributed by atoms with Gasteiger partial charge in [0, 0.05) is 17.0 Å². The quantitative estimate of drug-likeness (QED) is 0.496. The van der Waals surface area contributed by atoms with Crippen molar-refractivity contribution in [3.8, 4) is 6.07 Å². The maximum atomic E-state index is 14.4. The summed E-state index contributed by atoms with van der Waals surface area (Å²) in [6, 6.07) is 8.65. The molecule has 0 aliphatic heterocycles. The molecule has 2 atom stereocenters. The summed E-state index contributed by atoms with van der Waals surface area (Å²) in [7, 11) is -1.35. The molecule has 2 unspecified atom stereocenters. The minimum Gasteiger partial charge on any atom is -0.493 e. The van der Waals surface area contributed by atoms with Crippen molar-refractivity contribution in [1.82, 2.24) is 0 Å². The van der Waals surface area contributed by atoms with E-state index in [2.05, 4.69) is 0 Å². The monoisotopic (exact) mass is 508 g/mol. The molecule has 3 rings (SSSR count). The van der Waals surface area contributed by atoms with E-state index in [-0.39, 0.29) is 40.4 Å². The molecule has 10 heteroatoms. The van der Waals surface area contributed by atoms with Crippen molar-refractivity contribution in [2.75, 3.05) is 18.5 Å². The van der Waals surface area contributed by atoms with Crippen LogP contribution in [0.5, 0.6) is 0 Å². The van der Waals surface area contributed by atoms with Gasteiger partial charge in [-0.3, -0.25) is 4.31 Å². The Morgan fingerprint density at radius 2 is 1.82 bits per heavy atom. The third-order valence-corrected chi connectivity index (χ3v) is 7.85. The predicted octanol–water partition coefficient (Wildman–Crippen LogP) is 5.09. The third kappa shape index (κ3) is 5.03. The first-order valence-electron chi connectivity index (χ1n) is 10.3. The lowest BCUT2D eigenvalue weighted by molar-refractivity contribution is 0.215. The maximum Gasteiger partial charge on any atom is 0.243 e. The van der Waals surface area contributed by atoms with Crippen molar-refractivity contribution in [3.05, 3.63) is 87.9 Å². The molecule has 0 amide bonds. The van der Waals surface area contributed by atoms with E-state index in [0.29, 0.717) is 5.76 Å². The number of hydrogen-bond acceptors (Lipinski definition) is 5. The number of nitriles is 1. The number of sulfonamides is 1. The molecule has 0 spiro atoms. The Labute approximate surface area is 202 Å². The van der Waals surface area contributed by atoms with E-state index in [1.807, 2.05) is 6.07 Å². The van der Waals surface area contributed by atoms with E-state index in [1.165, 1.54) is 51.5 Å². The first-order valence-corrected chi connectivity index (χ1v) is 12.2. The van der Waals surface area contributed by atoms with Gasteiger partial charge in [0.1, 0.15) is 22.9 Å². The van der Waals surface area contributed by atoms with E-state index in [4.69, 9.17) is 21.1 Å². The lowest BCUT2D eigenvalue weighted by Gasteiger charge is -2.32. The van der Waals surface area contributed by atoms with Crippen molar-refractivity contribution in [1.29, 1.82) is 5.26 Å². The summed E-state index contributed by atoms with van der Waals surface area (Å²) < 4.78 is 67.8. The van der Waals surface area contributed by atoms with Gasteiger partial charge in [-0.2, -0.15) is 5.26 Å². The standard InChI is InChI=1S/C24H23ClF2N2O4S/c1-15(14-28)29(34(30,31)18-8-10-23(32-2)24(13-18)33-3)22-9-7-17(25)11-16(22)12-19-20(26)5-4-6-21(19)27/h4-7,9-11,13,15,18H,8,12H2,1-3H3. The minimum atomic E-state index is -4.19. The van der Waals surface area contributed by atoms with E-state index >= 15 is 0 Å². The van der Waals surface area contributed by atoms with Crippen LogP contribution in [-0.2, 0) is 25.9 Å². The highest BCUT2D eigenvalue weighted by Crippen LogP contribution is 2.35. The number of anilines is 1. The van der Waals surface area contributed by atoms with Gasteiger partial charge in [-0.15, -0.1) is 0 Å². The van der Waals surface area contributed by atoms with E-state index in [1.54, 1.807) is 6.08 Å². The van der Waals surface area contributed by atoms with Crippen LogP contribution in [0.25, 0.3) is 0 Å². The second kappa shape index (κ2) is 10.5. The van der Waals surface area contributed by atoms with Crippen LogP contribution >= 0.6 is 11.6 Å². The number of ether oxygens (including phenoxy) is 2. The van der Waals surface area contributed by atoms with Crippen LogP contribution in [0.4, 0.5) is 14.5 Å². The van der Waals surface area contributed by atoms with Crippen molar-refractivity contribution < 1.29 is 26.7 Å². The average Bonchev–Trinajstić information content (AvgIpc) is 2.82. The Kier molecular flexibility index (Phi) is 7.85. The molecule has 0 bridgehead atoms. The number of halogens is 3. The van der Waals surface area contributed by atoms with Gasteiger partial charge in [0.25, 0.3) is 0 Å². The van der Waals surface area contributed by atoms with Gasteiger partial charge in [0.2, 0.25) is 10.0 Å². The van der Waals surface area contributed by atoms with Crippen molar-refractivity contribution in [2.45, 2.75) is 31.1 Å². The molecule has 2 aromatic carbocycles. The van der Waals surface area contributed by atoms with Crippen LogP contribution in [-0.4, -0.2) is 33.9 Å². The molecular weight excluding hydrogens is 486 g/mol. The van der Waals surface area contributed by atoms with Gasteiger partial charge in [0.05, 0.1) is 26.0 Å². The highest BCUT2D eigenvalue weighted by molar-refractivity contribution is 7.93. The minimum absolute atomic E-state index is 0.0812. The molecule has 34 heavy (non-hydrogen) atoms. The fraction of sp³-hybridized carbons (Fsp3) is 0.292. The second-order valence-electron chi connectivity index (χ2n) is 7.58. The Hall–Kier alpha value is -3.09. The molecule has 2 aromatic rings. The molecular formula is C24H23ClF2N2O4S. The van der Waals surface area contributed by atoms with Crippen LogP contribution in [0.1, 0.15) is 24.5 Å². The number of benzene rings is 2. The Morgan fingerprint density at radius 3 is 2.41 bits per heavy atom. The number of methoxy groups -OCH3 is 2. The maximum absolute atomic E-state index is 14.4. The fourth-order valence-electron chi connectivity index (χ4n) is 3.77. The summed E-state index contributed by atoms with van der Waals surface area (Å²) in [6.45, 7) is 1.43. The van der Waals surface area contributed by atoms with Gasteiger partial charge >= 0.3 is 0 Å². The molecule has 0 heterocycles. The fourth-order valence-corrected chi connectivity index (χ4v) is 5.83. The van der Waals surface area contributed by atoms with Crippen LogP contribution in [0.3, 0.4) is 0 Å². The summed E-state index contributed by atoms with van der Waals surface area (Å²) in [4.78, 5) is 0. The zero-order valence-electron chi connectivity index (χ0n) is 18.8. The van der Waals surface area contributed by atoms with Gasteiger partial charge in [0.15, 0.2) is 11.5 Å². The molecule has 0 saturated carbocycles.